The zero-order chi connectivity index (χ0) is 22.7. The van der Waals surface area contributed by atoms with Crippen LogP contribution in [0.1, 0.15) is 21.9 Å². The molecule has 32 heavy (non-hydrogen) atoms. The molecule has 0 saturated carbocycles. The highest BCUT2D eigenvalue weighted by atomic mass is 79.9. The van der Waals surface area contributed by atoms with Crippen molar-refractivity contribution in [3.63, 3.8) is 0 Å². The van der Waals surface area contributed by atoms with Gasteiger partial charge in [0, 0.05) is 11.0 Å². The lowest BCUT2D eigenvalue weighted by atomic mass is 10.2. The van der Waals surface area contributed by atoms with Crippen LogP contribution in [0.25, 0.3) is 0 Å². The minimum absolute atomic E-state index is 0.0489. The van der Waals surface area contributed by atoms with Crippen LogP contribution in [0.2, 0.25) is 0 Å². The Balaban J connectivity index is 1.61. The number of benzene rings is 2. The first-order valence-electron chi connectivity index (χ1n) is 9.49. The predicted octanol–water partition coefficient (Wildman–Crippen LogP) is 5.45. The molecule has 1 amide bonds. The van der Waals surface area contributed by atoms with Crippen molar-refractivity contribution in [3.05, 3.63) is 106 Å². The summed E-state index contributed by atoms with van der Waals surface area (Å²) in [6.07, 6.45) is 1.49. The Kier molecular flexibility index (Phi) is 6.29. The highest BCUT2D eigenvalue weighted by Gasteiger charge is 2.26. The molecule has 0 aliphatic heterocycles. The second-order valence-corrected chi connectivity index (χ2v) is 9.74. The molecule has 0 radical (unpaired) electrons. The van der Waals surface area contributed by atoms with E-state index in [9.17, 15) is 17.6 Å². The van der Waals surface area contributed by atoms with Gasteiger partial charge in [-0.25, -0.2) is 12.8 Å². The number of carbonyl (C=O) groups excluding carboxylic acids is 1. The topological polar surface area (TPSA) is 80.7 Å². The highest BCUT2D eigenvalue weighted by Crippen LogP contribution is 2.25. The fourth-order valence-electron chi connectivity index (χ4n) is 3.07. The average Bonchev–Trinajstić information content (AvgIpc) is 3.47. The molecule has 164 valence electrons. The van der Waals surface area contributed by atoms with Gasteiger partial charge in [-0.2, -0.15) is 0 Å². The summed E-state index contributed by atoms with van der Waals surface area (Å²) < 4.78 is 50.5. The van der Waals surface area contributed by atoms with Crippen molar-refractivity contribution >= 4 is 31.7 Å². The quantitative estimate of drug-likeness (QED) is 0.325. The molecule has 6 nitrogen and oxygen atoms in total. The fourth-order valence-corrected chi connectivity index (χ4v) is 4.50. The Morgan fingerprint density at radius 2 is 1.66 bits per heavy atom. The Hall–Kier alpha value is -3.17. The smallest absolute Gasteiger partial charge is 0.290 e. The minimum atomic E-state index is -3.93. The summed E-state index contributed by atoms with van der Waals surface area (Å²) in [6.45, 7) is 0.272. The first kappa shape index (κ1) is 22.0. The van der Waals surface area contributed by atoms with Gasteiger partial charge in [0.2, 0.25) is 14.9 Å². The van der Waals surface area contributed by atoms with E-state index in [1.807, 2.05) is 0 Å². The highest BCUT2D eigenvalue weighted by molar-refractivity contribution is 9.10. The van der Waals surface area contributed by atoms with E-state index >= 15 is 0 Å². The van der Waals surface area contributed by atoms with Gasteiger partial charge in [-0.05, 0) is 66.2 Å². The number of halogens is 2. The second kappa shape index (κ2) is 9.13. The molecule has 0 aliphatic rings. The van der Waals surface area contributed by atoms with E-state index in [4.69, 9.17) is 8.83 Å². The van der Waals surface area contributed by atoms with Gasteiger partial charge in [-0.15, -0.1) is 0 Å². The van der Waals surface area contributed by atoms with Crippen LogP contribution in [0.15, 0.2) is 102 Å². The zero-order valence-electron chi connectivity index (χ0n) is 16.6. The van der Waals surface area contributed by atoms with Crippen molar-refractivity contribution in [3.8, 4) is 0 Å². The van der Waals surface area contributed by atoms with Gasteiger partial charge in [0.15, 0.2) is 5.76 Å². The van der Waals surface area contributed by atoms with Gasteiger partial charge in [0.1, 0.15) is 11.6 Å². The van der Waals surface area contributed by atoms with E-state index in [0.717, 1.165) is 4.47 Å². The molecule has 2 aromatic carbocycles. The van der Waals surface area contributed by atoms with E-state index in [-0.39, 0.29) is 34.7 Å². The third kappa shape index (κ3) is 4.84. The largest absolute Gasteiger partial charge is 0.467 e. The van der Waals surface area contributed by atoms with Crippen molar-refractivity contribution < 1.29 is 26.4 Å². The first-order chi connectivity index (χ1) is 15.3. The van der Waals surface area contributed by atoms with E-state index in [1.54, 1.807) is 36.4 Å². The van der Waals surface area contributed by atoms with Gasteiger partial charge in [0.25, 0.3) is 5.91 Å². The molecule has 0 spiro atoms. The third-order valence-corrected chi connectivity index (χ3v) is 6.85. The lowest BCUT2D eigenvalue weighted by molar-refractivity contribution is 0.0679. The van der Waals surface area contributed by atoms with Crippen LogP contribution in [0.4, 0.5) is 4.39 Å². The molecule has 2 heterocycles. The fraction of sp³-hybridized carbons (Fsp3) is 0.0870. The molecule has 0 unspecified atom stereocenters. The van der Waals surface area contributed by atoms with Crippen LogP contribution < -0.4 is 0 Å². The third-order valence-electron chi connectivity index (χ3n) is 4.68. The van der Waals surface area contributed by atoms with E-state index in [1.165, 1.54) is 47.6 Å². The summed E-state index contributed by atoms with van der Waals surface area (Å²) in [4.78, 5) is 14.7. The molecule has 0 bridgehead atoms. The number of carbonyl (C=O) groups is 1. The minimum Gasteiger partial charge on any atom is -0.467 e. The average molecular weight is 518 g/mol. The monoisotopic (exact) mass is 517 g/mol. The number of furan rings is 2. The lowest BCUT2D eigenvalue weighted by Gasteiger charge is -2.20. The van der Waals surface area contributed by atoms with Crippen molar-refractivity contribution in [2.24, 2.45) is 0 Å². The zero-order valence-corrected chi connectivity index (χ0v) is 19.0. The standard InChI is InChI=1S/C23H17BrFNO5S/c24-17-5-9-20(10-6-17)32(28,29)22-12-11-21(31-22)23(27)26(15-19-2-1-13-30-19)14-16-3-7-18(25)8-4-16/h1-13H,14-15H2. The molecular formula is C23H17BrFNO5S. The number of hydrogen-bond acceptors (Lipinski definition) is 5. The Morgan fingerprint density at radius 1 is 0.938 bits per heavy atom. The summed E-state index contributed by atoms with van der Waals surface area (Å²) in [5, 5.41) is -0.331. The molecular weight excluding hydrogens is 501 g/mol. The van der Waals surface area contributed by atoms with Crippen LogP contribution in [0.3, 0.4) is 0 Å². The van der Waals surface area contributed by atoms with E-state index in [2.05, 4.69) is 15.9 Å². The molecule has 0 fully saturated rings. The van der Waals surface area contributed by atoms with Gasteiger partial charge in [-0.1, -0.05) is 28.1 Å². The van der Waals surface area contributed by atoms with Crippen molar-refractivity contribution in [1.29, 1.82) is 0 Å². The first-order valence-corrected chi connectivity index (χ1v) is 11.8. The summed E-state index contributed by atoms with van der Waals surface area (Å²) >= 11 is 3.27. The Morgan fingerprint density at radius 3 is 2.31 bits per heavy atom. The van der Waals surface area contributed by atoms with Crippen LogP contribution >= 0.6 is 15.9 Å². The van der Waals surface area contributed by atoms with Crippen LogP contribution in [0, 0.1) is 5.82 Å². The van der Waals surface area contributed by atoms with Crippen LogP contribution in [-0.2, 0) is 22.9 Å². The SMILES string of the molecule is O=C(c1ccc(S(=O)(=O)c2ccc(Br)cc2)o1)N(Cc1ccc(F)cc1)Cc1ccco1. The second-order valence-electron chi connectivity index (χ2n) is 6.94. The predicted molar refractivity (Wildman–Crippen MR) is 117 cm³/mol. The number of nitrogens with zero attached hydrogens (tertiary/aromatic N) is 1. The number of rotatable bonds is 7. The van der Waals surface area contributed by atoms with E-state index < -0.39 is 15.7 Å². The van der Waals surface area contributed by atoms with Gasteiger partial charge in [0.05, 0.1) is 17.7 Å². The summed E-state index contributed by atoms with van der Waals surface area (Å²) in [5.74, 6) is -0.501. The maximum absolute atomic E-state index is 13.3. The maximum Gasteiger partial charge on any atom is 0.290 e. The maximum atomic E-state index is 13.3. The summed E-state index contributed by atoms with van der Waals surface area (Å²) in [5.41, 5.74) is 0.695. The lowest BCUT2D eigenvalue weighted by Crippen LogP contribution is -2.29. The van der Waals surface area contributed by atoms with E-state index in [0.29, 0.717) is 11.3 Å². The number of hydrogen-bond donors (Lipinski definition) is 0. The molecule has 2 aromatic heterocycles. The number of amides is 1. The molecule has 0 atom stereocenters. The summed E-state index contributed by atoms with van der Waals surface area (Å²) in [7, 11) is -3.93. The molecule has 4 aromatic rings. The molecule has 0 aliphatic carbocycles. The van der Waals surface area contributed by atoms with Crippen LogP contribution in [-0.4, -0.2) is 19.2 Å². The molecule has 9 heteroatoms. The molecule has 0 saturated heterocycles. The summed E-state index contributed by atoms with van der Waals surface area (Å²) in [6, 6.07) is 17.9. The van der Waals surface area contributed by atoms with Gasteiger partial charge >= 0.3 is 0 Å². The molecule has 0 N–H and O–H groups in total. The van der Waals surface area contributed by atoms with Crippen molar-refractivity contribution in [2.45, 2.75) is 23.1 Å². The van der Waals surface area contributed by atoms with Gasteiger partial charge in [-0.3, -0.25) is 4.79 Å². The van der Waals surface area contributed by atoms with Crippen molar-refractivity contribution in [2.75, 3.05) is 0 Å². The molecule has 4 rings (SSSR count). The van der Waals surface area contributed by atoms with Crippen molar-refractivity contribution in [1.82, 2.24) is 4.90 Å². The van der Waals surface area contributed by atoms with Crippen LogP contribution in [0.5, 0.6) is 0 Å². The Bertz CT molecular complexity index is 1310. The van der Waals surface area contributed by atoms with Gasteiger partial charge < -0.3 is 13.7 Å². The Labute approximate surface area is 192 Å². The number of sulfone groups is 1. The normalized spacial score (nSPS) is 11.4.